The van der Waals surface area contributed by atoms with Crippen LogP contribution in [0, 0.1) is 44.8 Å². The quantitative estimate of drug-likeness (QED) is 0.244. The molecule has 75 heavy (non-hydrogen) atoms. The Balaban J connectivity index is 1.12. The van der Waals surface area contributed by atoms with Gasteiger partial charge in [0, 0.05) is 22.6 Å². The molecule has 0 radical (unpaired) electrons. The largest absolute Gasteiger partial charge is 0.468 e. The molecule has 4 unspecified atom stereocenters. The van der Waals surface area contributed by atoms with Crippen molar-refractivity contribution in [3.63, 3.8) is 0 Å². The maximum atomic E-state index is 7.72. The van der Waals surface area contributed by atoms with Gasteiger partial charge in [-0.25, -0.2) is 0 Å². The Hall–Kier alpha value is -4.70. The second kappa shape index (κ2) is 16.2. The number of hydrogen-bond donors (Lipinski definition) is 0. The van der Waals surface area contributed by atoms with Crippen LogP contribution in [0.4, 0.5) is 11.4 Å². The zero-order valence-electron chi connectivity index (χ0n) is 49.1. The number of allylic oxidation sites excluding steroid dienone is 7. The van der Waals surface area contributed by atoms with E-state index < -0.39 is 0 Å². The number of benzene rings is 2. The van der Waals surface area contributed by atoms with E-state index in [9.17, 15) is 0 Å². The molecule has 13 rings (SSSR count). The Labute approximate surface area is 452 Å². The molecule has 0 bridgehead atoms. The summed E-state index contributed by atoms with van der Waals surface area (Å²) in [7, 11) is 0. The predicted octanol–water partition coefficient (Wildman–Crippen LogP) is 15.4. The second-order valence-electron chi connectivity index (χ2n) is 30.9. The van der Waals surface area contributed by atoms with Gasteiger partial charge in [-0.05, 0) is 207 Å². The van der Waals surface area contributed by atoms with Crippen molar-refractivity contribution in [1.29, 1.82) is 0 Å². The highest BCUT2D eigenvalue weighted by atomic mass is 16.3. The zero-order chi connectivity index (χ0) is 52.9. The molecule has 1 fully saturated rings. The highest BCUT2D eigenvalue weighted by molar-refractivity contribution is 6.93. The molecule has 0 saturated heterocycles. The summed E-state index contributed by atoms with van der Waals surface area (Å²) in [5.41, 5.74) is 23.1. The molecule has 8 aliphatic carbocycles. The molecule has 2 aliphatic heterocycles. The van der Waals surface area contributed by atoms with Crippen LogP contribution in [-0.4, -0.2) is 18.8 Å². The SMILES string of the molecule is CC1=CC2=C3B(c4cc5c(cc4N2C2CC4=C(C=C2C2=c6ccccc6=CCC2)C(C)(C)CCC4(C)C)C(C)(C)CCC5(C)C)c2oc4c(c2N(C2=CC5C(C=C2)C(C)(C)CCC5(C)C)C3C1)C[C@@H](C(C)(C)C)C=C4. The van der Waals surface area contributed by atoms with E-state index in [1.807, 2.05) is 0 Å². The molecule has 1 saturated carbocycles. The van der Waals surface area contributed by atoms with E-state index in [2.05, 4.69) is 206 Å². The normalized spacial score (nSPS) is 29.8. The number of hydrogen-bond acceptors (Lipinski definition) is 3. The van der Waals surface area contributed by atoms with Crippen molar-refractivity contribution in [2.75, 3.05) is 9.80 Å². The monoisotopic (exact) mass is 997 g/mol. The maximum Gasteiger partial charge on any atom is 0.292 e. The third-order valence-electron chi connectivity index (χ3n) is 22.3. The summed E-state index contributed by atoms with van der Waals surface area (Å²) in [6.45, 7) is 40.3. The van der Waals surface area contributed by atoms with Crippen LogP contribution < -0.4 is 31.4 Å². The lowest BCUT2D eigenvalue weighted by Crippen LogP contribution is -2.63. The molecule has 3 heterocycles. The number of fused-ring (bicyclic) bond motifs is 9. The number of furan rings is 1. The first kappa shape index (κ1) is 49.8. The van der Waals surface area contributed by atoms with E-state index in [4.69, 9.17) is 4.42 Å². The summed E-state index contributed by atoms with van der Waals surface area (Å²) < 4.78 is 7.72. The van der Waals surface area contributed by atoms with Crippen molar-refractivity contribution >= 4 is 46.9 Å². The predicted molar refractivity (Wildman–Crippen MR) is 319 cm³/mol. The van der Waals surface area contributed by atoms with E-state index >= 15 is 0 Å². The van der Waals surface area contributed by atoms with Crippen molar-refractivity contribution in [3.05, 3.63) is 145 Å². The lowest BCUT2D eigenvalue weighted by molar-refractivity contribution is 0.0326. The van der Waals surface area contributed by atoms with Gasteiger partial charge in [0.25, 0.3) is 6.71 Å². The fourth-order valence-electron chi connectivity index (χ4n) is 17.0. The van der Waals surface area contributed by atoms with Gasteiger partial charge in [-0.1, -0.05) is 176 Å². The molecule has 392 valence electrons. The number of rotatable bonds is 3. The molecule has 3 nitrogen and oxygen atoms in total. The van der Waals surface area contributed by atoms with Crippen LogP contribution in [0.1, 0.15) is 197 Å². The number of nitrogens with zero attached hydrogens (tertiary/aromatic N) is 2. The van der Waals surface area contributed by atoms with Crippen LogP contribution in [0.2, 0.25) is 0 Å². The molecular formula is C71H89BN2O. The first-order valence-corrected chi connectivity index (χ1v) is 29.8. The summed E-state index contributed by atoms with van der Waals surface area (Å²) in [6, 6.07) is 15.1. The summed E-state index contributed by atoms with van der Waals surface area (Å²) in [5, 5.41) is 2.83. The van der Waals surface area contributed by atoms with Gasteiger partial charge in [-0.2, -0.15) is 0 Å². The first-order valence-electron chi connectivity index (χ1n) is 29.8. The van der Waals surface area contributed by atoms with Gasteiger partial charge in [0.2, 0.25) is 0 Å². The van der Waals surface area contributed by atoms with Crippen LogP contribution in [0.5, 0.6) is 0 Å². The molecule has 2 aromatic carbocycles. The molecule has 5 atom stereocenters. The van der Waals surface area contributed by atoms with Crippen molar-refractivity contribution in [3.8, 4) is 0 Å². The van der Waals surface area contributed by atoms with Crippen LogP contribution in [0.25, 0.3) is 17.7 Å². The van der Waals surface area contributed by atoms with Crippen molar-refractivity contribution in [2.45, 2.75) is 204 Å². The van der Waals surface area contributed by atoms with Crippen molar-refractivity contribution in [2.24, 2.45) is 44.8 Å². The second-order valence-corrected chi connectivity index (χ2v) is 30.9. The molecule has 4 heteroatoms. The van der Waals surface area contributed by atoms with Crippen LogP contribution in [0.3, 0.4) is 0 Å². The van der Waals surface area contributed by atoms with Crippen LogP contribution in [-0.2, 0) is 17.3 Å². The molecule has 10 aliphatic rings. The van der Waals surface area contributed by atoms with Gasteiger partial charge >= 0.3 is 0 Å². The number of anilines is 2. The van der Waals surface area contributed by atoms with E-state index in [1.54, 1.807) is 38.9 Å². The minimum absolute atomic E-state index is 0.00422. The molecule has 1 aromatic heterocycles. The van der Waals surface area contributed by atoms with E-state index in [1.165, 1.54) is 94.0 Å². The summed E-state index contributed by atoms with van der Waals surface area (Å²) in [6.07, 6.45) is 33.3. The van der Waals surface area contributed by atoms with E-state index in [0.717, 1.165) is 37.9 Å². The molecular weight excluding hydrogens is 908 g/mol. The molecule has 0 N–H and O–H groups in total. The van der Waals surface area contributed by atoms with Crippen LogP contribution in [0.15, 0.2) is 116 Å². The average molecular weight is 997 g/mol. The lowest BCUT2D eigenvalue weighted by atomic mass is 9.32. The Kier molecular flexibility index (Phi) is 10.8. The highest BCUT2D eigenvalue weighted by Crippen LogP contribution is 2.60. The summed E-state index contributed by atoms with van der Waals surface area (Å²) in [4.78, 5) is 5.89. The smallest absolute Gasteiger partial charge is 0.292 e. The fraction of sp³-hybridized carbons (Fsp3) is 0.549. The third-order valence-corrected chi connectivity index (χ3v) is 22.3. The standard InChI is InChI=1S/C71H89BN2O/c1-42-34-59-62-60(35-42)74(57-40-54-52(68(9,10)30-32-70(54,13)14)38-48(57)47-23-19-21-43-20-17-18-22-46(43)47)58-41-55-53(69(11,12)31-33-71(55,15)16)39-56(58)72(62)64-63(49-36-44(65(2,3)4)24-27-61(49)75-64)73(59)45-25-26-50-51(37-45)67(7,8)29-28-66(50,5)6/h17-18,20-22,24-27,35,37-39,41,44,50-51,57,59H,19,23,28-34,36,40H2,1-16H3/t44-,50?,51?,57?,59?/m0/s1. The van der Waals surface area contributed by atoms with Gasteiger partial charge in [0.1, 0.15) is 5.76 Å². The van der Waals surface area contributed by atoms with Crippen LogP contribution >= 0.6 is 0 Å². The van der Waals surface area contributed by atoms with Crippen molar-refractivity contribution in [1.82, 2.24) is 0 Å². The Bertz CT molecular complexity index is 3350. The first-order chi connectivity index (χ1) is 35.2. The zero-order valence-corrected chi connectivity index (χ0v) is 49.1. The summed E-state index contributed by atoms with van der Waals surface area (Å²) in [5.74, 6) is 2.47. The van der Waals surface area contributed by atoms with Gasteiger partial charge in [-0.3, -0.25) is 0 Å². The van der Waals surface area contributed by atoms with E-state index in [0.29, 0.717) is 17.8 Å². The molecule has 3 aromatic rings. The topological polar surface area (TPSA) is 19.6 Å². The van der Waals surface area contributed by atoms with Gasteiger partial charge in [0.05, 0.1) is 23.4 Å². The van der Waals surface area contributed by atoms with Gasteiger partial charge in [0.15, 0.2) is 0 Å². The minimum atomic E-state index is 0.00422. The fourth-order valence-corrected chi connectivity index (χ4v) is 17.0. The maximum absolute atomic E-state index is 7.72. The minimum Gasteiger partial charge on any atom is -0.468 e. The van der Waals surface area contributed by atoms with Crippen molar-refractivity contribution < 1.29 is 4.42 Å². The third kappa shape index (κ3) is 7.45. The lowest BCUT2D eigenvalue weighted by Gasteiger charge is -2.55. The summed E-state index contributed by atoms with van der Waals surface area (Å²) >= 11 is 0. The average Bonchev–Trinajstić information content (AvgIpc) is 3.80. The molecule has 0 amide bonds. The Morgan fingerprint density at radius 2 is 1.36 bits per heavy atom. The van der Waals surface area contributed by atoms with Gasteiger partial charge < -0.3 is 14.2 Å². The highest BCUT2D eigenvalue weighted by Gasteiger charge is 2.56. The Morgan fingerprint density at radius 3 is 2.09 bits per heavy atom. The molecule has 0 spiro atoms. The van der Waals surface area contributed by atoms with E-state index in [-0.39, 0.29) is 56.7 Å². The van der Waals surface area contributed by atoms with Gasteiger partial charge in [-0.15, -0.1) is 0 Å². The Morgan fingerprint density at radius 1 is 0.680 bits per heavy atom.